The van der Waals surface area contributed by atoms with Gasteiger partial charge in [-0.15, -0.1) is 0 Å². The van der Waals surface area contributed by atoms with Gasteiger partial charge < -0.3 is 5.11 Å². The molecule has 0 radical (unpaired) electrons. The third-order valence-electron chi connectivity index (χ3n) is 3.12. The lowest BCUT2D eigenvalue weighted by Crippen LogP contribution is -2.34. The van der Waals surface area contributed by atoms with E-state index in [1.165, 1.54) is 0 Å². The monoisotopic (exact) mass is 259 g/mol. The molecule has 1 fully saturated rings. The number of halogens is 3. The van der Waals surface area contributed by atoms with Crippen molar-refractivity contribution in [3.63, 3.8) is 0 Å². The zero-order chi connectivity index (χ0) is 13.2. The Kier molecular flexibility index (Phi) is 3.92. The number of benzene rings is 1. The highest BCUT2D eigenvalue weighted by molar-refractivity contribution is 5.35. The molecule has 2 nitrogen and oxygen atoms in total. The highest BCUT2D eigenvalue weighted by atomic mass is 19.4. The van der Waals surface area contributed by atoms with Crippen LogP contribution in [0.25, 0.3) is 0 Å². The zero-order valence-corrected chi connectivity index (χ0v) is 9.87. The predicted octanol–water partition coefficient (Wildman–Crippen LogP) is 2.75. The minimum Gasteiger partial charge on any atom is -0.394 e. The summed E-state index contributed by atoms with van der Waals surface area (Å²) in [6.07, 6.45) is -2.11. The van der Waals surface area contributed by atoms with Gasteiger partial charge in [0.25, 0.3) is 0 Å². The smallest absolute Gasteiger partial charge is 0.394 e. The number of aliphatic hydroxyl groups excluding tert-OH is 1. The Labute approximate surface area is 104 Å². The maximum atomic E-state index is 12.2. The number of aliphatic hydroxyl groups is 1. The fraction of sp³-hybridized carbons (Fsp3) is 0.538. The summed E-state index contributed by atoms with van der Waals surface area (Å²) in [7, 11) is 0. The summed E-state index contributed by atoms with van der Waals surface area (Å²) in [5.74, 6) is 0.447. The fourth-order valence-electron chi connectivity index (χ4n) is 2.11. The van der Waals surface area contributed by atoms with Crippen molar-refractivity contribution in [2.75, 3.05) is 13.2 Å². The Balaban J connectivity index is 2.11. The van der Waals surface area contributed by atoms with Gasteiger partial charge >= 0.3 is 6.18 Å². The largest absolute Gasteiger partial charge is 0.401 e. The van der Waals surface area contributed by atoms with E-state index < -0.39 is 18.8 Å². The topological polar surface area (TPSA) is 32.3 Å². The second-order valence-electron chi connectivity index (χ2n) is 4.63. The molecular formula is C13H16F3NO. The maximum Gasteiger partial charge on any atom is 0.401 e. The van der Waals surface area contributed by atoms with Gasteiger partial charge in [-0.2, -0.15) is 13.2 Å². The first-order chi connectivity index (χ1) is 8.51. The Bertz CT molecular complexity index is 401. The normalized spacial score (nSPS) is 17.8. The number of rotatable bonds is 5. The van der Waals surface area contributed by atoms with Gasteiger partial charge in [0.15, 0.2) is 0 Å². The van der Waals surface area contributed by atoms with Crippen LogP contribution < -0.4 is 5.32 Å². The van der Waals surface area contributed by atoms with Crippen molar-refractivity contribution < 1.29 is 18.3 Å². The lowest BCUT2D eigenvalue weighted by molar-refractivity contribution is -0.126. The van der Waals surface area contributed by atoms with E-state index in [2.05, 4.69) is 5.32 Å². The van der Waals surface area contributed by atoms with Crippen molar-refractivity contribution in [2.45, 2.75) is 31.0 Å². The van der Waals surface area contributed by atoms with Gasteiger partial charge in [0.05, 0.1) is 19.2 Å². The molecule has 18 heavy (non-hydrogen) atoms. The molecule has 0 saturated heterocycles. The van der Waals surface area contributed by atoms with E-state index in [-0.39, 0.29) is 6.61 Å². The first-order valence-corrected chi connectivity index (χ1v) is 6.01. The summed E-state index contributed by atoms with van der Waals surface area (Å²) in [6, 6.07) is 6.75. The van der Waals surface area contributed by atoms with E-state index in [4.69, 9.17) is 0 Å². The molecule has 1 aliphatic carbocycles. The van der Waals surface area contributed by atoms with Crippen LogP contribution in [0.5, 0.6) is 0 Å². The van der Waals surface area contributed by atoms with Crippen molar-refractivity contribution in [3.8, 4) is 0 Å². The highest BCUT2D eigenvalue weighted by Gasteiger charge is 2.31. The van der Waals surface area contributed by atoms with Crippen LogP contribution in [0.4, 0.5) is 13.2 Å². The quantitative estimate of drug-likeness (QED) is 0.852. The summed E-state index contributed by atoms with van der Waals surface area (Å²) in [4.78, 5) is 0. The molecule has 1 aliphatic rings. The van der Waals surface area contributed by atoms with Crippen molar-refractivity contribution in [3.05, 3.63) is 35.4 Å². The molecule has 1 saturated carbocycles. The van der Waals surface area contributed by atoms with Crippen molar-refractivity contribution >= 4 is 0 Å². The SMILES string of the molecule is OCC(NCC(F)(F)F)c1ccccc1C1CC1. The van der Waals surface area contributed by atoms with Crippen LogP contribution >= 0.6 is 0 Å². The van der Waals surface area contributed by atoms with Crippen LogP contribution in [0.1, 0.15) is 35.9 Å². The van der Waals surface area contributed by atoms with E-state index in [1.54, 1.807) is 12.1 Å². The Hall–Kier alpha value is -1.07. The van der Waals surface area contributed by atoms with Gasteiger partial charge in [-0.1, -0.05) is 24.3 Å². The molecule has 0 aromatic heterocycles. The van der Waals surface area contributed by atoms with Gasteiger partial charge in [-0.25, -0.2) is 0 Å². The minimum absolute atomic E-state index is 0.334. The van der Waals surface area contributed by atoms with E-state index >= 15 is 0 Å². The van der Waals surface area contributed by atoms with Gasteiger partial charge in [-0.3, -0.25) is 5.32 Å². The molecule has 0 aliphatic heterocycles. The molecule has 0 heterocycles. The van der Waals surface area contributed by atoms with Gasteiger partial charge in [0.2, 0.25) is 0 Å². The van der Waals surface area contributed by atoms with Crippen molar-refractivity contribution in [1.29, 1.82) is 0 Å². The molecule has 1 aromatic rings. The molecule has 1 aromatic carbocycles. The van der Waals surface area contributed by atoms with Crippen LogP contribution in [0, 0.1) is 0 Å². The first-order valence-electron chi connectivity index (χ1n) is 6.01. The summed E-state index contributed by atoms with van der Waals surface area (Å²) in [5.41, 5.74) is 1.85. The third-order valence-corrected chi connectivity index (χ3v) is 3.12. The fourth-order valence-corrected chi connectivity index (χ4v) is 2.11. The Morgan fingerprint density at radius 1 is 1.28 bits per heavy atom. The van der Waals surface area contributed by atoms with Gasteiger partial charge in [0, 0.05) is 0 Å². The van der Waals surface area contributed by atoms with Crippen LogP contribution in [0.3, 0.4) is 0 Å². The average Bonchev–Trinajstić information content (AvgIpc) is 3.13. The Morgan fingerprint density at radius 3 is 2.50 bits per heavy atom. The summed E-state index contributed by atoms with van der Waals surface area (Å²) in [5, 5.41) is 11.6. The number of hydrogen-bond acceptors (Lipinski definition) is 2. The summed E-state index contributed by atoms with van der Waals surface area (Å²) >= 11 is 0. The first kappa shape index (κ1) is 13.4. The molecule has 0 bridgehead atoms. The number of alkyl halides is 3. The second kappa shape index (κ2) is 5.28. The van der Waals surface area contributed by atoms with Gasteiger partial charge in [0.1, 0.15) is 0 Å². The molecule has 100 valence electrons. The second-order valence-corrected chi connectivity index (χ2v) is 4.63. The molecule has 2 rings (SSSR count). The lowest BCUT2D eigenvalue weighted by Gasteiger charge is -2.20. The van der Waals surface area contributed by atoms with Crippen molar-refractivity contribution in [2.24, 2.45) is 0 Å². The van der Waals surface area contributed by atoms with E-state index in [0.717, 1.165) is 24.0 Å². The minimum atomic E-state index is -4.26. The standard InChI is InChI=1S/C13H16F3NO/c14-13(15,16)8-17-12(7-18)11-4-2-1-3-10(11)9-5-6-9/h1-4,9,12,17-18H,5-8H2. The highest BCUT2D eigenvalue weighted by Crippen LogP contribution is 2.42. The van der Waals surface area contributed by atoms with Crippen molar-refractivity contribution in [1.82, 2.24) is 5.32 Å². The zero-order valence-electron chi connectivity index (χ0n) is 9.87. The molecule has 2 N–H and O–H groups in total. The third kappa shape index (κ3) is 3.46. The van der Waals surface area contributed by atoms with Crippen LogP contribution in [0.15, 0.2) is 24.3 Å². The Morgan fingerprint density at radius 2 is 1.94 bits per heavy atom. The average molecular weight is 259 g/mol. The molecule has 0 spiro atoms. The number of hydrogen-bond donors (Lipinski definition) is 2. The van der Waals surface area contributed by atoms with E-state index in [0.29, 0.717) is 5.92 Å². The molecule has 0 amide bonds. The molecule has 5 heteroatoms. The summed E-state index contributed by atoms with van der Waals surface area (Å²) < 4.78 is 36.6. The molecular weight excluding hydrogens is 243 g/mol. The molecule has 1 atom stereocenters. The summed E-state index contributed by atoms with van der Waals surface area (Å²) in [6.45, 7) is -1.42. The van der Waals surface area contributed by atoms with E-state index in [9.17, 15) is 18.3 Å². The van der Waals surface area contributed by atoms with Crippen LogP contribution in [-0.4, -0.2) is 24.4 Å². The number of nitrogens with one attached hydrogen (secondary N) is 1. The molecule has 1 unspecified atom stereocenters. The van der Waals surface area contributed by atoms with Gasteiger partial charge in [-0.05, 0) is 29.9 Å². The predicted molar refractivity (Wildman–Crippen MR) is 62.3 cm³/mol. The lowest BCUT2D eigenvalue weighted by atomic mass is 9.97. The maximum absolute atomic E-state index is 12.2. The van der Waals surface area contributed by atoms with Crippen LogP contribution in [-0.2, 0) is 0 Å². The van der Waals surface area contributed by atoms with E-state index in [1.807, 2.05) is 12.1 Å². The van der Waals surface area contributed by atoms with Crippen LogP contribution in [0.2, 0.25) is 0 Å².